The van der Waals surface area contributed by atoms with Crippen LogP contribution in [0.4, 0.5) is 0 Å². The van der Waals surface area contributed by atoms with Crippen molar-refractivity contribution in [1.82, 2.24) is 0 Å². The molecular weight excluding hydrogens is 316 g/mol. The smallest absolute Gasteiger partial charge is 0.0654 e. The van der Waals surface area contributed by atoms with Crippen molar-refractivity contribution < 1.29 is 4.74 Å². The van der Waals surface area contributed by atoms with Gasteiger partial charge in [0.05, 0.1) is 13.2 Å². The lowest BCUT2D eigenvalue weighted by Gasteiger charge is -2.03. The highest BCUT2D eigenvalue weighted by Crippen LogP contribution is 2.11. The Morgan fingerprint density at radius 3 is 1.23 bits per heavy atom. The van der Waals surface area contributed by atoms with Crippen LogP contribution in [0.3, 0.4) is 0 Å². The number of hydrogen-bond acceptors (Lipinski definition) is 1. The third-order valence-corrected chi connectivity index (χ3v) is 4.31. The second kappa shape index (κ2) is 15.9. The minimum absolute atomic E-state index is 0.715. The highest BCUT2D eigenvalue weighted by atomic mass is 16.5. The molecular formula is C25H42O. The first kappa shape index (κ1) is 24.7. The first-order valence-corrected chi connectivity index (χ1v) is 10.1. The van der Waals surface area contributed by atoms with Crippen molar-refractivity contribution in [3.63, 3.8) is 0 Å². The van der Waals surface area contributed by atoms with E-state index in [-0.39, 0.29) is 0 Å². The minimum atomic E-state index is 0.715. The second-order valence-corrected chi connectivity index (χ2v) is 7.87. The summed E-state index contributed by atoms with van der Waals surface area (Å²) in [6.07, 6.45) is 18.3. The van der Waals surface area contributed by atoms with Crippen molar-refractivity contribution in [2.45, 2.75) is 87.0 Å². The van der Waals surface area contributed by atoms with Gasteiger partial charge < -0.3 is 4.74 Å². The van der Waals surface area contributed by atoms with Crippen LogP contribution in [0.2, 0.25) is 0 Å². The number of allylic oxidation sites excluding steroid dienone is 8. The fraction of sp³-hybridized carbons (Fsp3) is 0.600. The van der Waals surface area contributed by atoms with Crippen LogP contribution in [0.1, 0.15) is 87.0 Å². The van der Waals surface area contributed by atoms with E-state index in [2.05, 4.69) is 78.8 Å². The summed E-state index contributed by atoms with van der Waals surface area (Å²) in [5, 5.41) is 0. The molecule has 0 aromatic carbocycles. The van der Waals surface area contributed by atoms with Crippen molar-refractivity contribution in [2.24, 2.45) is 0 Å². The van der Waals surface area contributed by atoms with Crippen molar-refractivity contribution in [1.29, 1.82) is 0 Å². The van der Waals surface area contributed by atoms with Gasteiger partial charge in [-0.05, 0) is 87.0 Å². The molecule has 0 unspecified atom stereocenters. The molecule has 0 aliphatic heterocycles. The molecule has 0 atom stereocenters. The lowest BCUT2D eigenvalue weighted by molar-refractivity contribution is 0.192. The molecule has 1 heteroatoms. The first-order valence-electron chi connectivity index (χ1n) is 10.1. The summed E-state index contributed by atoms with van der Waals surface area (Å²) in [5.74, 6) is 0. The fourth-order valence-electron chi connectivity index (χ4n) is 2.50. The van der Waals surface area contributed by atoms with Gasteiger partial charge in [0.2, 0.25) is 0 Å². The van der Waals surface area contributed by atoms with Crippen LogP contribution in [0.25, 0.3) is 0 Å². The Morgan fingerprint density at radius 2 is 0.846 bits per heavy atom. The maximum absolute atomic E-state index is 5.72. The van der Waals surface area contributed by atoms with Gasteiger partial charge in [0.15, 0.2) is 0 Å². The van der Waals surface area contributed by atoms with Gasteiger partial charge in [-0.15, -0.1) is 0 Å². The molecule has 0 radical (unpaired) electrons. The molecule has 0 heterocycles. The third-order valence-electron chi connectivity index (χ3n) is 4.31. The zero-order valence-corrected chi connectivity index (χ0v) is 18.5. The van der Waals surface area contributed by atoms with E-state index in [0.29, 0.717) is 13.2 Å². The quantitative estimate of drug-likeness (QED) is 0.238. The van der Waals surface area contributed by atoms with Gasteiger partial charge in [-0.25, -0.2) is 0 Å². The van der Waals surface area contributed by atoms with Crippen LogP contribution < -0.4 is 0 Å². The largest absolute Gasteiger partial charge is 0.373 e. The lowest BCUT2D eigenvalue weighted by Crippen LogP contribution is -1.93. The van der Waals surface area contributed by atoms with Gasteiger partial charge in [-0.2, -0.15) is 0 Å². The van der Waals surface area contributed by atoms with Crippen LogP contribution in [0, 0.1) is 0 Å². The van der Waals surface area contributed by atoms with Crippen LogP contribution in [0.5, 0.6) is 0 Å². The highest BCUT2D eigenvalue weighted by Gasteiger charge is 1.93. The summed E-state index contributed by atoms with van der Waals surface area (Å²) in [6, 6.07) is 0. The van der Waals surface area contributed by atoms with Gasteiger partial charge in [0.25, 0.3) is 0 Å². The molecule has 0 saturated carbocycles. The Labute approximate surface area is 163 Å². The van der Waals surface area contributed by atoms with Gasteiger partial charge in [0.1, 0.15) is 0 Å². The van der Waals surface area contributed by atoms with Crippen LogP contribution in [-0.4, -0.2) is 13.2 Å². The third kappa shape index (κ3) is 17.5. The van der Waals surface area contributed by atoms with Gasteiger partial charge in [-0.3, -0.25) is 0 Å². The molecule has 0 spiro atoms. The fourth-order valence-corrected chi connectivity index (χ4v) is 2.50. The molecule has 0 rings (SSSR count). The molecule has 0 saturated heterocycles. The summed E-state index contributed by atoms with van der Waals surface area (Å²) in [7, 11) is 0. The molecule has 0 aliphatic rings. The summed E-state index contributed by atoms with van der Waals surface area (Å²) >= 11 is 0. The van der Waals surface area contributed by atoms with E-state index < -0.39 is 0 Å². The Bertz CT molecular complexity index is 518. The Hall–Kier alpha value is -1.34. The first-order chi connectivity index (χ1) is 12.3. The normalized spacial score (nSPS) is 13.0. The Kier molecular flexibility index (Phi) is 15.1. The van der Waals surface area contributed by atoms with Crippen LogP contribution in [-0.2, 0) is 4.74 Å². The summed E-state index contributed by atoms with van der Waals surface area (Å²) < 4.78 is 5.72. The maximum atomic E-state index is 5.72. The van der Waals surface area contributed by atoms with Crippen LogP contribution in [0.15, 0.2) is 58.2 Å². The van der Waals surface area contributed by atoms with E-state index in [0.717, 1.165) is 32.1 Å². The van der Waals surface area contributed by atoms with E-state index in [4.69, 9.17) is 4.74 Å². The predicted octanol–water partition coefficient (Wildman–Crippen LogP) is 8.11. The lowest BCUT2D eigenvalue weighted by atomic mass is 10.1. The molecule has 0 aromatic heterocycles. The second-order valence-electron chi connectivity index (χ2n) is 7.87. The standard InChI is InChI=1S/C25H42O/c1-21(2)11-8-13-23(5)15-10-16-25(7)18-20-26-19-17-24(6)14-9-12-22(3)4/h11-12,15,17-18H,8-10,13-14,16,19-20H2,1-7H3/b23-15?,24-17+,25-18?. The average Bonchev–Trinajstić information content (AvgIpc) is 2.53. The van der Waals surface area contributed by atoms with Crippen molar-refractivity contribution in [3.8, 4) is 0 Å². The van der Waals surface area contributed by atoms with E-state index >= 15 is 0 Å². The van der Waals surface area contributed by atoms with E-state index in [9.17, 15) is 0 Å². The predicted molar refractivity (Wildman–Crippen MR) is 119 cm³/mol. The monoisotopic (exact) mass is 358 g/mol. The van der Waals surface area contributed by atoms with E-state index in [1.165, 1.54) is 34.3 Å². The Morgan fingerprint density at radius 1 is 0.500 bits per heavy atom. The summed E-state index contributed by atoms with van der Waals surface area (Å²) in [4.78, 5) is 0. The Balaban J connectivity index is 3.90. The molecule has 0 amide bonds. The zero-order chi connectivity index (χ0) is 19.8. The molecule has 0 fully saturated rings. The van der Waals surface area contributed by atoms with Crippen LogP contribution >= 0.6 is 0 Å². The molecule has 1 nitrogen and oxygen atoms in total. The molecule has 0 bridgehead atoms. The molecule has 0 aromatic rings. The van der Waals surface area contributed by atoms with Crippen molar-refractivity contribution in [2.75, 3.05) is 13.2 Å². The maximum Gasteiger partial charge on any atom is 0.0654 e. The minimum Gasteiger partial charge on any atom is -0.373 e. The van der Waals surface area contributed by atoms with Gasteiger partial charge in [-0.1, -0.05) is 58.2 Å². The summed E-state index contributed by atoms with van der Waals surface area (Å²) in [5.41, 5.74) is 7.14. The van der Waals surface area contributed by atoms with Gasteiger partial charge >= 0.3 is 0 Å². The molecule has 26 heavy (non-hydrogen) atoms. The molecule has 0 aliphatic carbocycles. The average molecular weight is 359 g/mol. The summed E-state index contributed by atoms with van der Waals surface area (Å²) in [6.45, 7) is 16.7. The number of rotatable bonds is 13. The van der Waals surface area contributed by atoms with Gasteiger partial charge in [0, 0.05) is 0 Å². The highest BCUT2D eigenvalue weighted by molar-refractivity contribution is 5.06. The number of ether oxygens (including phenoxy) is 1. The van der Waals surface area contributed by atoms with Crippen molar-refractivity contribution in [3.05, 3.63) is 58.2 Å². The topological polar surface area (TPSA) is 9.23 Å². The van der Waals surface area contributed by atoms with E-state index in [1.54, 1.807) is 0 Å². The SMILES string of the molecule is CC(C)=CCCC(C)=CCCC(C)=CCOC/C=C(\C)CCC=C(C)C. The zero-order valence-electron chi connectivity index (χ0n) is 18.5. The number of hydrogen-bond donors (Lipinski definition) is 0. The van der Waals surface area contributed by atoms with Crippen molar-refractivity contribution >= 4 is 0 Å². The molecule has 0 N–H and O–H groups in total. The molecule has 148 valence electrons. The van der Waals surface area contributed by atoms with E-state index in [1.807, 2.05) is 0 Å².